The minimum Gasteiger partial charge on any atom is -0.323 e. The van der Waals surface area contributed by atoms with Crippen molar-refractivity contribution < 1.29 is 0 Å². The van der Waals surface area contributed by atoms with E-state index < -0.39 is 0 Å². The second-order valence-corrected chi connectivity index (χ2v) is 9.36. The molecule has 1 aliphatic carbocycles. The minimum absolute atomic E-state index is 0.136. The SMILES string of the molecule is CCCCCn1c(=O)n(CCCc2ccc(C3CCCCC3)cc2)c(=O)c2[nH]c(Cl)nc21. The van der Waals surface area contributed by atoms with Gasteiger partial charge in [-0.2, -0.15) is 4.98 Å². The van der Waals surface area contributed by atoms with E-state index in [4.69, 9.17) is 11.6 Å². The van der Waals surface area contributed by atoms with Crippen molar-refractivity contribution >= 4 is 22.8 Å². The van der Waals surface area contributed by atoms with E-state index in [0.717, 1.165) is 32.1 Å². The van der Waals surface area contributed by atoms with Gasteiger partial charge in [0.1, 0.15) is 0 Å². The predicted molar refractivity (Wildman–Crippen MR) is 130 cm³/mol. The molecule has 0 unspecified atom stereocenters. The summed E-state index contributed by atoms with van der Waals surface area (Å²) >= 11 is 6.02. The van der Waals surface area contributed by atoms with Gasteiger partial charge in [-0.1, -0.05) is 63.3 Å². The predicted octanol–water partition coefficient (Wildman–Crippen LogP) is 5.41. The Bertz CT molecular complexity index is 1150. The van der Waals surface area contributed by atoms with Gasteiger partial charge in [-0.15, -0.1) is 0 Å². The lowest BCUT2D eigenvalue weighted by Crippen LogP contribution is -2.40. The van der Waals surface area contributed by atoms with Crippen LogP contribution in [0.1, 0.15) is 81.8 Å². The number of aryl methyl sites for hydroxylation is 2. The summed E-state index contributed by atoms with van der Waals surface area (Å²) in [5, 5.41) is 0.136. The zero-order chi connectivity index (χ0) is 22.5. The molecule has 172 valence electrons. The van der Waals surface area contributed by atoms with Crippen LogP contribution in [0, 0.1) is 0 Å². The van der Waals surface area contributed by atoms with Crippen molar-refractivity contribution in [1.29, 1.82) is 0 Å². The van der Waals surface area contributed by atoms with Crippen LogP contribution in [0.5, 0.6) is 0 Å². The van der Waals surface area contributed by atoms with Crippen molar-refractivity contribution in [1.82, 2.24) is 19.1 Å². The van der Waals surface area contributed by atoms with Gasteiger partial charge in [0, 0.05) is 13.1 Å². The third kappa shape index (κ3) is 5.01. The Morgan fingerprint density at radius 3 is 2.44 bits per heavy atom. The van der Waals surface area contributed by atoms with Crippen molar-refractivity contribution in [2.45, 2.75) is 90.1 Å². The Hall–Kier alpha value is -2.34. The lowest BCUT2D eigenvalue weighted by molar-refractivity contribution is 0.443. The molecule has 2 heterocycles. The first-order valence-electron chi connectivity index (χ1n) is 12.1. The summed E-state index contributed by atoms with van der Waals surface area (Å²) < 4.78 is 2.92. The number of nitrogens with zero attached hydrogens (tertiary/aromatic N) is 3. The van der Waals surface area contributed by atoms with Crippen molar-refractivity contribution in [3.05, 3.63) is 61.5 Å². The molecule has 0 radical (unpaired) electrons. The molecule has 1 aromatic carbocycles. The molecule has 0 aliphatic heterocycles. The fourth-order valence-corrected chi connectivity index (χ4v) is 5.07. The maximum atomic E-state index is 13.1. The number of imidazole rings is 1. The molecular formula is C25H33ClN4O2. The first-order chi connectivity index (χ1) is 15.6. The van der Waals surface area contributed by atoms with Gasteiger partial charge < -0.3 is 4.98 Å². The Kier molecular flexibility index (Phi) is 7.51. The fourth-order valence-electron chi connectivity index (χ4n) is 4.89. The molecule has 1 saturated carbocycles. The summed E-state index contributed by atoms with van der Waals surface area (Å²) in [7, 11) is 0. The summed E-state index contributed by atoms with van der Waals surface area (Å²) in [5.74, 6) is 0.704. The molecule has 0 spiro atoms. The van der Waals surface area contributed by atoms with Crippen LogP contribution in [0.4, 0.5) is 0 Å². The summed E-state index contributed by atoms with van der Waals surface area (Å²) in [6.45, 7) is 3.03. The first kappa shape index (κ1) is 22.8. The lowest BCUT2D eigenvalue weighted by Gasteiger charge is -2.22. The molecule has 7 heteroatoms. The number of halogens is 1. The number of H-pyrrole nitrogens is 1. The van der Waals surface area contributed by atoms with Crippen LogP contribution in [0.2, 0.25) is 5.28 Å². The molecule has 6 nitrogen and oxygen atoms in total. The normalized spacial score (nSPS) is 14.9. The fraction of sp³-hybridized carbons (Fsp3) is 0.560. The van der Waals surface area contributed by atoms with E-state index in [2.05, 4.69) is 41.2 Å². The Morgan fingerprint density at radius 1 is 1.00 bits per heavy atom. The molecule has 1 N–H and O–H groups in total. The standard InChI is InChI=1S/C25H33ClN4O2/c1-2-3-7-16-29-22-21(27-24(26)28-22)23(31)30(25(29)32)17-8-9-18-12-14-20(15-13-18)19-10-5-4-6-11-19/h12-15,19H,2-11,16-17H2,1H3,(H,27,28). The van der Waals surface area contributed by atoms with Gasteiger partial charge in [0.25, 0.3) is 5.56 Å². The van der Waals surface area contributed by atoms with Crippen molar-refractivity contribution in [2.24, 2.45) is 0 Å². The van der Waals surface area contributed by atoms with E-state index in [1.54, 1.807) is 4.57 Å². The van der Waals surface area contributed by atoms with Crippen LogP contribution < -0.4 is 11.2 Å². The third-order valence-corrected chi connectivity index (χ3v) is 6.90. The molecule has 0 amide bonds. The monoisotopic (exact) mass is 456 g/mol. The van der Waals surface area contributed by atoms with Crippen molar-refractivity contribution in [3.8, 4) is 0 Å². The number of rotatable bonds is 9. The zero-order valence-electron chi connectivity index (χ0n) is 18.9. The smallest absolute Gasteiger partial charge is 0.323 e. The maximum Gasteiger partial charge on any atom is 0.332 e. The molecule has 32 heavy (non-hydrogen) atoms. The zero-order valence-corrected chi connectivity index (χ0v) is 19.7. The van der Waals surface area contributed by atoms with Crippen LogP contribution in [-0.2, 0) is 19.5 Å². The highest BCUT2D eigenvalue weighted by Gasteiger charge is 2.17. The van der Waals surface area contributed by atoms with Gasteiger partial charge in [-0.25, -0.2) is 4.79 Å². The van der Waals surface area contributed by atoms with Gasteiger partial charge in [0.05, 0.1) is 0 Å². The topological polar surface area (TPSA) is 72.7 Å². The molecule has 3 aromatic rings. The van der Waals surface area contributed by atoms with E-state index in [9.17, 15) is 9.59 Å². The summed E-state index contributed by atoms with van der Waals surface area (Å²) in [6.07, 6.45) is 11.1. The van der Waals surface area contributed by atoms with Gasteiger partial charge in [0.2, 0.25) is 5.28 Å². The number of nitrogens with one attached hydrogen (secondary N) is 1. The summed E-state index contributed by atoms with van der Waals surface area (Å²) in [6, 6.07) is 8.93. The number of hydrogen-bond donors (Lipinski definition) is 1. The molecule has 1 aliphatic rings. The molecule has 4 rings (SSSR count). The van der Waals surface area contributed by atoms with Crippen LogP contribution >= 0.6 is 11.6 Å². The summed E-state index contributed by atoms with van der Waals surface area (Å²) in [4.78, 5) is 33.0. The van der Waals surface area contributed by atoms with Crippen LogP contribution in [0.25, 0.3) is 11.2 Å². The molecule has 0 atom stereocenters. The Labute approximate surface area is 193 Å². The number of aromatic amines is 1. The Morgan fingerprint density at radius 2 is 1.72 bits per heavy atom. The summed E-state index contributed by atoms with van der Waals surface area (Å²) in [5.41, 5.74) is 2.71. The highest BCUT2D eigenvalue weighted by atomic mass is 35.5. The quantitative estimate of drug-likeness (QED) is 0.345. The maximum absolute atomic E-state index is 13.1. The average molecular weight is 457 g/mol. The van der Waals surface area contributed by atoms with Crippen LogP contribution in [0.3, 0.4) is 0 Å². The largest absolute Gasteiger partial charge is 0.332 e. The lowest BCUT2D eigenvalue weighted by atomic mass is 9.84. The molecule has 2 aromatic heterocycles. The first-order valence-corrected chi connectivity index (χ1v) is 12.4. The second kappa shape index (κ2) is 10.5. The molecule has 0 saturated heterocycles. The highest BCUT2D eigenvalue weighted by Crippen LogP contribution is 2.32. The third-order valence-electron chi connectivity index (χ3n) is 6.72. The van der Waals surface area contributed by atoms with E-state index in [-0.39, 0.29) is 16.5 Å². The molecular weight excluding hydrogens is 424 g/mol. The van der Waals surface area contributed by atoms with Gasteiger partial charge >= 0.3 is 5.69 Å². The number of hydrogen-bond acceptors (Lipinski definition) is 3. The second-order valence-electron chi connectivity index (χ2n) is 9.00. The van der Waals surface area contributed by atoms with Gasteiger partial charge in [-0.05, 0) is 60.7 Å². The van der Waals surface area contributed by atoms with E-state index in [1.165, 1.54) is 47.8 Å². The van der Waals surface area contributed by atoms with E-state index in [1.807, 2.05) is 0 Å². The van der Waals surface area contributed by atoms with E-state index >= 15 is 0 Å². The minimum atomic E-state index is -0.344. The Balaban J connectivity index is 1.48. The van der Waals surface area contributed by atoms with Gasteiger partial charge in [0.15, 0.2) is 11.2 Å². The highest BCUT2D eigenvalue weighted by molar-refractivity contribution is 6.28. The number of fused-ring (bicyclic) bond motifs is 1. The van der Waals surface area contributed by atoms with Crippen LogP contribution in [0.15, 0.2) is 33.9 Å². The van der Waals surface area contributed by atoms with Gasteiger partial charge in [-0.3, -0.25) is 13.9 Å². The number of benzene rings is 1. The van der Waals surface area contributed by atoms with Crippen LogP contribution in [-0.4, -0.2) is 19.1 Å². The van der Waals surface area contributed by atoms with E-state index in [0.29, 0.717) is 30.2 Å². The van der Waals surface area contributed by atoms with Crippen molar-refractivity contribution in [3.63, 3.8) is 0 Å². The molecule has 0 bridgehead atoms. The van der Waals surface area contributed by atoms with Crippen molar-refractivity contribution in [2.75, 3.05) is 0 Å². The number of unbranched alkanes of at least 4 members (excludes halogenated alkanes) is 2. The number of aromatic nitrogens is 4. The molecule has 1 fully saturated rings. The average Bonchev–Trinajstić information content (AvgIpc) is 3.21.